The molecule has 0 heterocycles. The van der Waals surface area contributed by atoms with Gasteiger partial charge < -0.3 is 5.11 Å². The van der Waals surface area contributed by atoms with Gasteiger partial charge in [0.25, 0.3) is 0 Å². The van der Waals surface area contributed by atoms with Crippen LogP contribution in [0.25, 0.3) is 0 Å². The Balaban J connectivity index is 3.18. The molecule has 8 heteroatoms. The van der Waals surface area contributed by atoms with Gasteiger partial charge in [-0.1, -0.05) is 25.4 Å². The molecule has 0 aliphatic heterocycles. The largest absolute Gasteiger partial charge is 0.480 e. The Labute approximate surface area is 122 Å². The summed E-state index contributed by atoms with van der Waals surface area (Å²) in [4.78, 5) is 10.8. The van der Waals surface area contributed by atoms with Crippen molar-refractivity contribution in [2.75, 3.05) is 0 Å². The van der Waals surface area contributed by atoms with Crippen molar-refractivity contribution in [3.63, 3.8) is 0 Å². The minimum absolute atomic E-state index is 0.00552. The number of nitriles is 1. The molecule has 0 fully saturated rings. The predicted octanol–water partition coefficient (Wildman–Crippen LogP) is 1.60. The quantitative estimate of drug-likeness (QED) is 0.858. The van der Waals surface area contributed by atoms with E-state index in [-0.39, 0.29) is 15.5 Å². The van der Waals surface area contributed by atoms with Gasteiger partial charge in [-0.2, -0.15) is 9.98 Å². The summed E-state index contributed by atoms with van der Waals surface area (Å²) in [5.74, 6) is -1.69. The summed E-state index contributed by atoms with van der Waals surface area (Å²) in [5.41, 5.74) is 0.00552. The van der Waals surface area contributed by atoms with Crippen LogP contribution < -0.4 is 4.72 Å². The number of hydrogen-bond acceptors (Lipinski definition) is 4. The molecular formula is C12H13ClN2O4S. The van der Waals surface area contributed by atoms with Gasteiger partial charge in [-0.3, -0.25) is 4.79 Å². The zero-order valence-corrected chi connectivity index (χ0v) is 12.4. The average Bonchev–Trinajstić information content (AvgIpc) is 2.35. The molecule has 1 rings (SSSR count). The number of carboxylic acid groups (broad SMARTS) is 1. The first-order chi connectivity index (χ1) is 9.19. The maximum Gasteiger partial charge on any atom is 0.322 e. The second-order valence-corrected chi connectivity index (χ2v) is 6.56. The van der Waals surface area contributed by atoms with E-state index in [9.17, 15) is 13.2 Å². The van der Waals surface area contributed by atoms with E-state index in [2.05, 4.69) is 4.72 Å². The van der Waals surface area contributed by atoms with E-state index < -0.39 is 28.0 Å². The summed E-state index contributed by atoms with van der Waals surface area (Å²) in [6.07, 6.45) is 0. The fourth-order valence-corrected chi connectivity index (χ4v) is 2.99. The lowest BCUT2D eigenvalue weighted by Gasteiger charge is -2.18. The van der Waals surface area contributed by atoms with Crippen molar-refractivity contribution in [3.8, 4) is 6.07 Å². The molecule has 0 radical (unpaired) electrons. The van der Waals surface area contributed by atoms with Crippen LogP contribution in [0.1, 0.15) is 19.4 Å². The number of aliphatic carboxylic acids is 1. The highest BCUT2D eigenvalue weighted by atomic mass is 35.5. The van der Waals surface area contributed by atoms with Crippen LogP contribution in [0, 0.1) is 17.2 Å². The standard InChI is InChI=1S/C12H13ClN2O4S/c1-7(2)11(12(16)17)15-20(18,19)9-3-4-10(13)8(5-9)6-14/h3-5,7,11,15H,1-2H3,(H,16,17)/t11-/m0/s1. The number of rotatable bonds is 5. The van der Waals surface area contributed by atoms with Gasteiger partial charge in [-0.05, 0) is 24.1 Å². The first-order valence-electron chi connectivity index (χ1n) is 5.64. The van der Waals surface area contributed by atoms with Gasteiger partial charge in [0, 0.05) is 0 Å². The Morgan fingerprint density at radius 2 is 2.05 bits per heavy atom. The monoisotopic (exact) mass is 316 g/mol. The van der Waals surface area contributed by atoms with Crippen molar-refractivity contribution < 1.29 is 18.3 Å². The predicted molar refractivity (Wildman–Crippen MR) is 72.8 cm³/mol. The van der Waals surface area contributed by atoms with E-state index in [1.807, 2.05) is 0 Å². The van der Waals surface area contributed by atoms with Gasteiger partial charge in [0.15, 0.2) is 0 Å². The first kappa shape index (κ1) is 16.4. The number of halogens is 1. The molecular weight excluding hydrogens is 304 g/mol. The molecule has 0 aliphatic carbocycles. The highest BCUT2D eigenvalue weighted by Crippen LogP contribution is 2.20. The fraction of sp³-hybridized carbons (Fsp3) is 0.333. The number of carbonyl (C=O) groups is 1. The molecule has 0 aliphatic rings. The number of benzene rings is 1. The van der Waals surface area contributed by atoms with E-state index in [1.54, 1.807) is 19.9 Å². The molecule has 0 spiro atoms. The Kier molecular flexibility index (Phi) is 5.11. The highest BCUT2D eigenvalue weighted by molar-refractivity contribution is 7.89. The third-order valence-electron chi connectivity index (χ3n) is 2.58. The molecule has 0 bridgehead atoms. The fourth-order valence-electron chi connectivity index (χ4n) is 1.46. The Morgan fingerprint density at radius 1 is 1.45 bits per heavy atom. The van der Waals surface area contributed by atoms with E-state index >= 15 is 0 Å². The SMILES string of the molecule is CC(C)[C@H](NS(=O)(=O)c1ccc(Cl)c(C#N)c1)C(=O)O. The summed E-state index contributed by atoms with van der Waals surface area (Å²) in [7, 11) is -4.04. The summed E-state index contributed by atoms with van der Waals surface area (Å²) in [5, 5.41) is 18.0. The lowest BCUT2D eigenvalue weighted by atomic mass is 10.1. The van der Waals surface area contributed by atoms with E-state index in [0.29, 0.717) is 0 Å². The van der Waals surface area contributed by atoms with Crippen LogP contribution in [0.4, 0.5) is 0 Å². The minimum atomic E-state index is -4.04. The van der Waals surface area contributed by atoms with Crippen LogP contribution in [0.5, 0.6) is 0 Å². The minimum Gasteiger partial charge on any atom is -0.480 e. The third-order valence-corrected chi connectivity index (χ3v) is 4.35. The Hall–Kier alpha value is -1.62. The number of hydrogen-bond donors (Lipinski definition) is 2. The second kappa shape index (κ2) is 6.22. The number of nitrogens with zero attached hydrogens (tertiary/aromatic N) is 1. The van der Waals surface area contributed by atoms with Crippen LogP contribution in [0.2, 0.25) is 5.02 Å². The van der Waals surface area contributed by atoms with Crippen LogP contribution >= 0.6 is 11.6 Å². The van der Waals surface area contributed by atoms with Gasteiger partial charge in [0.2, 0.25) is 10.0 Å². The molecule has 0 saturated heterocycles. The molecule has 0 amide bonds. The van der Waals surface area contributed by atoms with E-state index in [0.717, 1.165) is 6.07 Å². The lowest BCUT2D eigenvalue weighted by Crippen LogP contribution is -2.44. The summed E-state index contributed by atoms with van der Waals surface area (Å²) >= 11 is 5.72. The molecule has 0 saturated carbocycles. The summed E-state index contributed by atoms with van der Waals surface area (Å²) in [6.45, 7) is 3.17. The van der Waals surface area contributed by atoms with Gasteiger partial charge in [-0.15, -0.1) is 0 Å². The van der Waals surface area contributed by atoms with Crippen LogP contribution in [0.3, 0.4) is 0 Å². The van der Waals surface area contributed by atoms with Crippen molar-refractivity contribution >= 4 is 27.6 Å². The summed E-state index contributed by atoms with van der Waals surface area (Å²) < 4.78 is 26.3. The van der Waals surface area contributed by atoms with Crippen LogP contribution in [-0.4, -0.2) is 25.5 Å². The number of nitrogens with one attached hydrogen (secondary N) is 1. The molecule has 1 atom stereocenters. The second-order valence-electron chi connectivity index (χ2n) is 4.43. The molecule has 6 nitrogen and oxygen atoms in total. The smallest absolute Gasteiger partial charge is 0.322 e. The molecule has 2 N–H and O–H groups in total. The van der Waals surface area contributed by atoms with Crippen molar-refractivity contribution in [1.82, 2.24) is 4.72 Å². The number of sulfonamides is 1. The zero-order valence-electron chi connectivity index (χ0n) is 10.8. The zero-order chi connectivity index (χ0) is 15.5. The summed E-state index contributed by atoms with van der Waals surface area (Å²) in [6, 6.07) is 4.11. The van der Waals surface area contributed by atoms with E-state index in [4.69, 9.17) is 22.0 Å². The average molecular weight is 317 g/mol. The normalized spacial score (nSPS) is 12.9. The maximum atomic E-state index is 12.1. The van der Waals surface area contributed by atoms with Crippen molar-refractivity contribution in [2.24, 2.45) is 5.92 Å². The maximum absolute atomic E-state index is 12.1. The van der Waals surface area contributed by atoms with Gasteiger partial charge in [0.1, 0.15) is 12.1 Å². The topological polar surface area (TPSA) is 107 Å². The molecule has 1 aromatic rings. The van der Waals surface area contributed by atoms with Gasteiger partial charge >= 0.3 is 5.97 Å². The van der Waals surface area contributed by atoms with E-state index in [1.165, 1.54) is 12.1 Å². The highest BCUT2D eigenvalue weighted by Gasteiger charge is 2.28. The van der Waals surface area contributed by atoms with Crippen molar-refractivity contribution in [1.29, 1.82) is 5.26 Å². The van der Waals surface area contributed by atoms with Crippen molar-refractivity contribution in [3.05, 3.63) is 28.8 Å². The van der Waals surface area contributed by atoms with Crippen LogP contribution in [0.15, 0.2) is 23.1 Å². The molecule has 20 heavy (non-hydrogen) atoms. The Bertz CT molecular complexity index is 665. The van der Waals surface area contributed by atoms with Gasteiger partial charge in [0.05, 0.1) is 15.5 Å². The van der Waals surface area contributed by atoms with Crippen molar-refractivity contribution in [2.45, 2.75) is 24.8 Å². The first-order valence-corrected chi connectivity index (χ1v) is 7.50. The molecule has 1 aromatic carbocycles. The molecule has 0 aromatic heterocycles. The Morgan fingerprint density at radius 3 is 2.50 bits per heavy atom. The third kappa shape index (κ3) is 3.70. The van der Waals surface area contributed by atoms with Crippen LogP contribution in [-0.2, 0) is 14.8 Å². The van der Waals surface area contributed by atoms with Gasteiger partial charge in [-0.25, -0.2) is 8.42 Å². The molecule has 108 valence electrons. The molecule has 0 unspecified atom stereocenters. The number of carboxylic acids is 1. The lowest BCUT2D eigenvalue weighted by molar-refractivity contribution is -0.140.